The molecule has 1 amide bonds. The third-order valence-electron chi connectivity index (χ3n) is 5.22. The van der Waals surface area contributed by atoms with Crippen LogP contribution in [0.3, 0.4) is 0 Å². The number of carbonyl (C=O) groups is 1. The Labute approximate surface area is 187 Å². The number of amides is 1. The highest BCUT2D eigenvalue weighted by Gasteiger charge is 2.27. The van der Waals surface area contributed by atoms with E-state index < -0.39 is 10.0 Å². The van der Waals surface area contributed by atoms with Gasteiger partial charge in [-0.25, -0.2) is 23.2 Å². The molecule has 1 aromatic heterocycles. The number of aromatic nitrogens is 2. The second-order valence-electron chi connectivity index (χ2n) is 7.48. The van der Waals surface area contributed by atoms with E-state index in [1.54, 1.807) is 42.2 Å². The predicted molar refractivity (Wildman–Crippen MR) is 122 cm³/mol. The summed E-state index contributed by atoms with van der Waals surface area (Å²) in [6.45, 7) is 5.82. The molecule has 2 heterocycles. The van der Waals surface area contributed by atoms with Gasteiger partial charge in [0.15, 0.2) is 11.6 Å². The molecular weight excluding hydrogens is 430 g/mol. The maximum atomic E-state index is 13.0. The molecule has 0 unspecified atom stereocenters. The van der Waals surface area contributed by atoms with E-state index >= 15 is 0 Å². The molecule has 168 valence electrons. The largest absolute Gasteiger partial charge is 0.450 e. The van der Waals surface area contributed by atoms with Crippen LogP contribution in [-0.4, -0.2) is 62.2 Å². The second-order valence-corrected chi connectivity index (χ2v) is 9.16. The van der Waals surface area contributed by atoms with Gasteiger partial charge in [0, 0.05) is 26.2 Å². The van der Waals surface area contributed by atoms with Crippen LogP contribution in [0.15, 0.2) is 53.4 Å². The van der Waals surface area contributed by atoms with E-state index in [1.807, 2.05) is 30.0 Å². The van der Waals surface area contributed by atoms with E-state index in [4.69, 9.17) is 9.72 Å². The second kappa shape index (κ2) is 8.99. The minimum absolute atomic E-state index is 0.149. The quantitative estimate of drug-likeness (QED) is 0.630. The average Bonchev–Trinajstić information content (AvgIpc) is 2.79. The van der Waals surface area contributed by atoms with Crippen molar-refractivity contribution >= 4 is 38.8 Å². The van der Waals surface area contributed by atoms with Crippen molar-refractivity contribution in [1.82, 2.24) is 14.9 Å². The van der Waals surface area contributed by atoms with Crippen LogP contribution in [0, 0.1) is 6.92 Å². The Bertz CT molecular complexity index is 1220. The third-order valence-corrected chi connectivity index (χ3v) is 6.57. The Hall–Kier alpha value is -3.40. The molecule has 1 saturated heterocycles. The third kappa shape index (κ3) is 4.59. The number of hydrogen-bond acceptors (Lipinski definition) is 7. The molecule has 10 heteroatoms. The highest BCUT2D eigenvalue weighted by Crippen LogP contribution is 2.28. The molecule has 1 fully saturated rings. The van der Waals surface area contributed by atoms with Crippen LogP contribution < -0.4 is 9.62 Å². The molecule has 0 saturated carbocycles. The van der Waals surface area contributed by atoms with Crippen LogP contribution in [0.25, 0.3) is 11.0 Å². The molecule has 0 atom stereocenters. The minimum atomic E-state index is -3.86. The Morgan fingerprint density at radius 1 is 1.00 bits per heavy atom. The van der Waals surface area contributed by atoms with Gasteiger partial charge in [-0.1, -0.05) is 29.8 Å². The molecule has 0 radical (unpaired) electrons. The zero-order chi connectivity index (χ0) is 22.7. The van der Waals surface area contributed by atoms with Crippen molar-refractivity contribution in [3.8, 4) is 0 Å². The zero-order valence-electron chi connectivity index (χ0n) is 18.0. The topological polar surface area (TPSA) is 105 Å². The number of para-hydroxylation sites is 2. The van der Waals surface area contributed by atoms with Crippen LogP contribution in [0.4, 0.5) is 16.4 Å². The van der Waals surface area contributed by atoms with Crippen molar-refractivity contribution in [1.29, 1.82) is 0 Å². The summed E-state index contributed by atoms with van der Waals surface area (Å²) in [6, 6.07) is 13.9. The first-order chi connectivity index (χ1) is 15.4. The highest BCUT2D eigenvalue weighted by atomic mass is 32.2. The fourth-order valence-electron chi connectivity index (χ4n) is 3.50. The van der Waals surface area contributed by atoms with Crippen LogP contribution in [0.5, 0.6) is 0 Å². The van der Waals surface area contributed by atoms with Crippen molar-refractivity contribution in [2.24, 2.45) is 0 Å². The summed E-state index contributed by atoms with van der Waals surface area (Å²) in [7, 11) is -3.86. The van der Waals surface area contributed by atoms with Gasteiger partial charge in [0.1, 0.15) is 0 Å². The van der Waals surface area contributed by atoms with Crippen molar-refractivity contribution < 1.29 is 17.9 Å². The summed E-state index contributed by atoms with van der Waals surface area (Å²) in [5.41, 5.74) is 2.21. The first-order valence-electron chi connectivity index (χ1n) is 10.4. The van der Waals surface area contributed by atoms with Gasteiger partial charge >= 0.3 is 6.09 Å². The summed E-state index contributed by atoms with van der Waals surface area (Å²) < 4.78 is 33.8. The number of ether oxygens (including phenoxy) is 1. The Morgan fingerprint density at radius 2 is 1.62 bits per heavy atom. The van der Waals surface area contributed by atoms with Crippen molar-refractivity contribution in [2.75, 3.05) is 42.4 Å². The molecular formula is C22H25N5O4S. The Kier molecular flexibility index (Phi) is 6.13. The number of hydrogen-bond donors (Lipinski definition) is 1. The van der Waals surface area contributed by atoms with Crippen molar-refractivity contribution in [3.05, 3.63) is 54.1 Å². The molecule has 0 spiro atoms. The monoisotopic (exact) mass is 455 g/mol. The van der Waals surface area contributed by atoms with Crippen LogP contribution in [-0.2, 0) is 14.8 Å². The molecule has 0 aliphatic carbocycles. The maximum Gasteiger partial charge on any atom is 0.409 e. The number of nitrogens with one attached hydrogen (secondary N) is 1. The summed E-state index contributed by atoms with van der Waals surface area (Å²) in [5, 5.41) is 0. The van der Waals surface area contributed by atoms with Gasteiger partial charge < -0.3 is 14.5 Å². The summed E-state index contributed by atoms with van der Waals surface area (Å²) >= 11 is 0. The lowest BCUT2D eigenvalue weighted by atomic mass is 10.2. The molecule has 2 aromatic carbocycles. The predicted octanol–water partition coefficient (Wildman–Crippen LogP) is 3.02. The molecule has 1 aliphatic rings. The first kappa shape index (κ1) is 21.8. The van der Waals surface area contributed by atoms with E-state index in [2.05, 4.69) is 9.71 Å². The molecule has 3 aromatic rings. The molecule has 4 rings (SSSR count). The summed E-state index contributed by atoms with van der Waals surface area (Å²) in [5.74, 6) is 0.594. The lowest BCUT2D eigenvalue weighted by Gasteiger charge is -2.35. The van der Waals surface area contributed by atoms with E-state index in [9.17, 15) is 13.2 Å². The van der Waals surface area contributed by atoms with Crippen molar-refractivity contribution in [2.45, 2.75) is 18.7 Å². The molecule has 1 aliphatic heterocycles. The molecule has 32 heavy (non-hydrogen) atoms. The molecule has 9 nitrogen and oxygen atoms in total. The van der Waals surface area contributed by atoms with Gasteiger partial charge in [0.2, 0.25) is 0 Å². The number of piperazine rings is 1. The smallest absolute Gasteiger partial charge is 0.409 e. The van der Waals surface area contributed by atoms with E-state index in [0.717, 1.165) is 5.56 Å². The van der Waals surface area contributed by atoms with Gasteiger partial charge in [0.05, 0.1) is 22.5 Å². The molecule has 1 N–H and O–H groups in total. The number of aryl methyl sites for hydroxylation is 1. The zero-order valence-corrected chi connectivity index (χ0v) is 18.8. The highest BCUT2D eigenvalue weighted by molar-refractivity contribution is 7.92. The number of anilines is 2. The van der Waals surface area contributed by atoms with Gasteiger partial charge in [-0.15, -0.1) is 0 Å². The van der Waals surface area contributed by atoms with E-state index in [-0.39, 0.29) is 16.8 Å². The number of rotatable bonds is 5. The van der Waals surface area contributed by atoms with E-state index in [0.29, 0.717) is 49.6 Å². The standard InChI is InChI=1S/C22H25N5O4S/c1-3-31-22(28)27-14-12-26(13-15-27)21-20(23-18-6-4-5-7-19(18)24-21)25-32(29,30)17-10-8-16(2)9-11-17/h4-11H,3,12-15H2,1-2H3,(H,23,25). The fraction of sp³-hybridized carbons (Fsp3) is 0.318. The fourth-order valence-corrected chi connectivity index (χ4v) is 4.50. The van der Waals surface area contributed by atoms with Gasteiger partial charge in [0.25, 0.3) is 10.0 Å². The Morgan fingerprint density at radius 3 is 2.25 bits per heavy atom. The van der Waals surface area contributed by atoms with Gasteiger partial charge in [-0.05, 0) is 38.1 Å². The average molecular weight is 456 g/mol. The number of sulfonamides is 1. The van der Waals surface area contributed by atoms with Crippen molar-refractivity contribution in [3.63, 3.8) is 0 Å². The van der Waals surface area contributed by atoms with Crippen LogP contribution in [0.2, 0.25) is 0 Å². The Balaban J connectivity index is 1.66. The first-order valence-corrected chi connectivity index (χ1v) is 11.9. The minimum Gasteiger partial charge on any atom is -0.450 e. The summed E-state index contributed by atoms with van der Waals surface area (Å²) in [6.07, 6.45) is -0.350. The molecule has 0 bridgehead atoms. The number of fused-ring (bicyclic) bond motifs is 1. The van der Waals surface area contributed by atoms with E-state index in [1.165, 1.54) is 0 Å². The van der Waals surface area contributed by atoms with Gasteiger partial charge in [-0.3, -0.25) is 4.72 Å². The number of benzene rings is 2. The SMILES string of the molecule is CCOC(=O)N1CCN(c2nc3ccccc3nc2NS(=O)(=O)c2ccc(C)cc2)CC1. The number of nitrogens with zero attached hydrogens (tertiary/aromatic N) is 4. The van der Waals surface area contributed by atoms with Crippen LogP contribution in [0.1, 0.15) is 12.5 Å². The van der Waals surface area contributed by atoms with Gasteiger partial charge in [-0.2, -0.15) is 0 Å². The maximum absolute atomic E-state index is 13.0. The number of carbonyl (C=O) groups excluding carboxylic acids is 1. The summed E-state index contributed by atoms with van der Waals surface area (Å²) in [4.78, 5) is 25.0. The lowest BCUT2D eigenvalue weighted by Crippen LogP contribution is -2.49. The lowest BCUT2D eigenvalue weighted by molar-refractivity contribution is 0.105. The normalized spacial score (nSPS) is 14.4. The van der Waals surface area contributed by atoms with Crippen LogP contribution >= 0.6 is 0 Å².